The van der Waals surface area contributed by atoms with Crippen molar-refractivity contribution in [3.05, 3.63) is 39.9 Å². The number of fused-ring (bicyclic) bond motifs is 2. The summed E-state index contributed by atoms with van der Waals surface area (Å²) in [5, 5.41) is 4.34. The van der Waals surface area contributed by atoms with E-state index in [9.17, 15) is 0 Å². The molecule has 1 aromatic rings. The molecule has 0 amide bonds. The van der Waals surface area contributed by atoms with Gasteiger partial charge in [0.05, 0.1) is 0 Å². The topological polar surface area (TPSA) is 12.0 Å². The minimum absolute atomic E-state index is 0.211. The zero-order valence-corrected chi connectivity index (χ0v) is 12.8. The van der Waals surface area contributed by atoms with Crippen LogP contribution in [0.2, 0.25) is 5.02 Å². The maximum Gasteiger partial charge on any atom is 0.0412 e. The van der Waals surface area contributed by atoms with Gasteiger partial charge in [-0.3, -0.25) is 0 Å². The number of hydrogen-bond donors (Lipinski definition) is 1. The van der Waals surface area contributed by atoms with E-state index in [1.165, 1.54) is 24.0 Å². The average Bonchev–Trinajstić information content (AvgIpc) is 2.64. The van der Waals surface area contributed by atoms with E-state index in [1.807, 2.05) is 6.07 Å². The molecule has 3 rings (SSSR count). The van der Waals surface area contributed by atoms with Crippen molar-refractivity contribution in [3.8, 4) is 0 Å². The van der Waals surface area contributed by atoms with Crippen LogP contribution in [0.5, 0.6) is 0 Å². The molecule has 1 aliphatic carbocycles. The molecule has 1 spiro atoms. The molecule has 1 fully saturated rings. The van der Waals surface area contributed by atoms with Crippen LogP contribution in [0.15, 0.2) is 23.8 Å². The monoisotopic (exact) mass is 275 g/mol. The van der Waals surface area contributed by atoms with Crippen molar-refractivity contribution < 1.29 is 0 Å². The van der Waals surface area contributed by atoms with Gasteiger partial charge in [0.1, 0.15) is 0 Å². The molecule has 1 saturated heterocycles. The molecule has 19 heavy (non-hydrogen) atoms. The predicted molar refractivity (Wildman–Crippen MR) is 82.7 cm³/mol. The molecule has 1 aliphatic heterocycles. The predicted octanol–water partition coefficient (Wildman–Crippen LogP) is 4.40. The SMILES string of the molecule is CC(C)(C)C1=Cc2cc(Cl)ccc2C12CCNCC2. The molecule has 1 heterocycles. The average molecular weight is 276 g/mol. The Bertz CT molecular complexity index is 531. The molecule has 0 unspecified atom stereocenters. The normalized spacial score (nSPS) is 21.4. The van der Waals surface area contributed by atoms with Gasteiger partial charge < -0.3 is 5.32 Å². The van der Waals surface area contributed by atoms with Crippen molar-refractivity contribution in [2.45, 2.75) is 39.0 Å². The Kier molecular flexibility index (Phi) is 3.03. The molecular formula is C17H22ClN. The number of nitrogens with one attached hydrogen (secondary N) is 1. The van der Waals surface area contributed by atoms with Crippen molar-refractivity contribution in [1.82, 2.24) is 5.32 Å². The first-order valence-electron chi connectivity index (χ1n) is 7.17. The van der Waals surface area contributed by atoms with E-state index in [1.54, 1.807) is 5.57 Å². The van der Waals surface area contributed by atoms with Crippen molar-refractivity contribution in [2.75, 3.05) is 13.1 Å². The third kappa shape index (κ3) is 2.04. The smallest absolute Gasteiger partial charge is 0.0412 e. The number of hydrogen-bond acceptors (Lipinski definition) is 1. The lowest BCUT2D eigenvalue weighted by Crippen LogP contribution is -2.42. The molecule has 0 radical (unpaired) electrons. The summed E-state index contributed by atoms with van der Waals surface area (Å²) in [4.78, 5) is 0. The van der Waals surface area contributed by atoms with E-state index in [0.29, 0.717) is 0 Å². The minimum Gasteiger partial charge on any atom is -0.317 e. The largest absolute Gasteiger partial charge is 0.317 e. The Morgan fingerprint density at radius 2 is 1.84 bits per heavy atom. The second-order valence-corrected chi connectivity index (χ2v) is 7.31. The minimum atomic E-state index is 0.211. The number of piperidine rings is 1. The van der Waals surface area contributed by atoms with Crippen LogP contribution >= 0.6 is 11.6 Å². The zero-order chi connectivity index (χ0) is 13.7. The van der Waals surface area contributed by atoms with Crippen LogP contribution < -0.4 is 5.32 Å². The van der Waals surface area contributed by atoms with Crippen LogP contribution in [-0.2, 0) is 5.41 Å². The lowest BCUT2D eigenvalue weighted by Gasteiger charge is -2.42. The van der Waals surface area contributed by atoms with E-state index in [-0.39, 0.29) is 10.8 Å². The number of halogens is 1. The molecule has 2 heteroatoms. The summed E-state index contributed by atoms with van der Waals surface area (Å²) >= 11 is 6.17. The van der Waals surface area contributed by atoms with Gasteiger partial charge in [0.15, 0.2) is 0 Å². The first-order valence-corrected chi connectivity index (χ1v) is 7.55. The molecule has 0 atom stereocenters. The summed E-state index contributed by atoms with van der Waals surface area (Å²) < 4.78 is 0. The van der Waals surface area contributed by atoms with Gasteiger partial charge in [-0.1, -0.05) is 50.1 Å². The van der Waals surface area contributed by atoms with Gasteiger partial charge in [-0.2, -0.15) is 0 Å². The number of allylic oxidation sites excluding steroid dienone is 1. The highest BCUT2D eigenvalue weighted by atomic mass is 35.5. The Hall–Kier alpha value is -0.790. The highest BCUT2D eigenvalue weighted by Gasteiger charge is 2.45. The van der Waals surface area contributed by atoms with Gasteiger partial charge in [-0.05, 0) is 54.6 Å². The summed E-state index contributed by atoms with van der Waals surface area (Å²) in [6.45, 7) is 9.20. The van der Waals surface area contributed by atoms with Crippen LogP contribution in [-0.4, -0.2) is 13.1 Å². The van der Waals surface area contributed by atoms with Crippen LogP contribution in [0.25, 0.3) is 6.08 Å². The van der Waals surface area contributed by atoms with Crippen LogP contribution in [0.4, 0.5) is 0 Å². The Morgan fingerprint density at radius 1 is 1.16 bits per heavy atom. The van der Waals surface area contributed by atoms with Gasteiger partial charge in [0.25, 0.3) is 0 Å². The van der Waals surface area contributed by atoms with Crippen molar-refractivity contribution in [3.63, 3.8) is 0 Å². The molecule has 1 N–H and O–H groups in total. The summed E-state index contributed by atoms with van der Waals surface area (Å²) in [7, 11) is 0. The maximum absolute atomic E-state index is 6.17. The molecule has 102 valence electrons. The third-order valence-electron chi connectivity index (χ3n) is 4.61. The summed E-state index contributed by atoms with van der Waals surface area (Å²) in [5.74, 6) is 0. The van der Waals surface area contributed by atoms with Gasteiger partial charge in [-0.25, -0.2) is 0 Å². The lowest BCUT2D eigenvalue weighted by atomic mass is 9.64. The highest BCUT2D eigenvalue weighted by Crippen LogP contribution is 2.53. The zero-order valence-electron chi connectivity index (χ0n) is 12.0. The molecule has 2 aliphatic rings. The van der Waals surface area contributed by atoms with Crippen molar-refractivity contribution in [2.24, 2.45) is 5.41 Å². The first-order chi connectivity index (χ1) is 8.93. The van der Waals surface area contributed by atoms with E-state index in [0.717, 1.165) is 18.1 Å². The Labute approximate surface area is 121 Å². The Morgan fingerprint density at radius 3 is 2.47 bits per heavy atom. The van der Waals surface area contributed by atoms with E-state index >= 15 is 0 Å². The maximum atomic E-state index is 6.17. The molecule has 0 saturated carbocycles. The van der Waals surface area contributed by atoms with Gasteiger partial charge in [0.2, 0.25) is 0 Å². The van der Waals surface area contributed by atoms with Crippen molar-refractivity contribution in [1.29, 1.82) is 0 Å². The van der Waals surface area contributed by atoms with Gasteiger partial charge >= 0.3 is 0 Å². The second kappa shape index (κ2) is 4.36. The quantitative estimate of drug-likeness (QED) is 0.740. The van der Waals surface area contributed by atoms with Crippen LogP contribution in [0, 0.1) is 5.41 Å². The van der Waals surface area contributed by atoms with E-state index < -0.39 is 0 Å². The second-order valence-electron chi connectivity index (χ2n) is 6.87. The fourth-order valence-corrected chi connectivity index (χ4v) is 4.03. The standard InChI is InChI=1S/C17H22ClN/c1-16(2,3)15-11-12-10-13(18)4-5-14(12)17(15)6-8-19-9-7-17/h4-5,10-11,19H,6-9H2,1-3H3. The summed E-state index contributed by atoms with van der Waals surface area (Å²) in [5.41, 5.74) is 4.85. The van der Waals surface area contributed by atoms with Gasteiger partial charge in [-0.15, -0.1) is 0 Å². The molecule has 0 aromatic heterocycles. The molecular weight excluding hydrogens is 254 g/mol. The highest BCUT2D eigenvalue weighted by molar-refractivity contribution is 6.30. The lowest BCUT2D eigenvalue weighted by molar-refractivity contribution is 0.306. The van der Waals surface area contributed by atoms with Crippen LogP contribution in [0.1, 0.15) is 44.7 Å². The van der Waals surface area contributed by atoms with E-state index in [4.69, 9.17) is 11.6 Å². The number of rotatable bonds is 0. The fourth-order valence-electron chi connectivity index (χ4n) is 3.85. The number of benzene rings is 1. The van der Waals surface area contributed by atoms with Crippen LogP contribution in [0.3, 0.4) is 0 Å². The summed E-state index contributed by atoms with van der Waals surface area (Å²) in [6.07, 6.45) is 4.79. The summed E-state index contributed by atoms with van der Waals surface area (Å²) in [6, 6.07) is 6.42. The third-order valence-corrected chi connectivity index (χ3v) is 4.84. The molecule has 1 nitrogen and oxygen atoms in total. The fraction of sp³-hybridized carbons (Fsp3) is 0.529. The van der Waals surface area contributed by atoms with Crippen molar-refractivity contribution >= 4 is 17.7 Å². The first kappa shape index (κ1) is 13.2. The molecule has 1 aromatic carbocycles. The molecule has 0 bridgehead atoms. The van der Waals surface area contributed by atoms with Gasteiger partial charge in [0, 0.05) is 10.4 Å². The Balaban J connectivity index is 2.17. The van der Waals surface area contributed by atoms with E-state index in [2.05, 4.69) is 44.3 Å².